The van der Waals surface area contributed by atoms with Crippen LogP contribution < -0.4 is 10.1 Å². The highest BCUT2D eigenvalue weighted by Crippen LogP contribution is 2.31. The third-order valence-corrected chi connectivity index (χ3v) is 5.39. The summed E-state index contributed by atoms with van der Waals surface area (Å²) in [5.74, 6) is -0.278. The number of alkyl halides is 3. The van der Waals surface area contributed by atoms with E-state index in [1.54, 1.807) is 31.2 Å². The third-order valence-electron chi connectivity index (χ3n) is 5.39. The van der Waals surface area contributed by atoms with Gasteiger partial charge in [0.05, 0.1) is 11.6 Å². The second-order valence-corrected chi connectivity index (χ2v) is 7.78. The van der Waals surface area contributed by atoms with Gasteiger partial charge in [0, 0.05) is 31.5 Å². The molecule has 2 aromatic carbocycles. The van der Waals surface area contributed by atoms with Gasteiger partial charge in [-0.3, -0.25) is 14.4 Å². The van der Waals surface area contributed by atoms with Gasteiger partial charge in [0.1, 0.15) is 5.75 Å². The molecule has 3 rings (SSSR count). The molecular weight excluding hydrogens is 437 g/mol. The Labute approximate surface area is 189 Å². The van der Waals surface area contributed by atoms with E-state index in [4.69, 9.17) is 4.74 Å². The quantitative estimate of drug-likeness (QED) is 0.568. The van der Waals surface area contributed by atoms with Gasteiger partial charge in [0.25, 0.3) is 5.91 Å². The Balaban J connectivity index is 1.69. The number of hydrogen-bond acceptors (Lipinski definition) is 4. The summed E-state index contributed by atoms with van der Waals surface area (Å²) < 4.78 is 45.0. The lowest BCUT2D eigenvalue weighted by Gasteiger charge is -2.26. The SMILES string of the molecule is CCC(=O)c1ccc(OCC(=O)NC(CN2CCCC2=O)c2cccc(C(F)(F)F)c2)cc1. The van der Waals surface area contributed by atoms with E-state index >= 15 is 0 Å². The highest BCUT2D eigenvalue weighted by atomic mass is 19.4. The Hall–Kier alpha value is -3.36. The number of ketones is 1. The summed E-state index contributed by atoms with van der Waals surface area (Å²) in [6.07, 6.45) is -3.11. The largest absolute Gasteiger partial charge is 0.484 e. The summed E-state index contributed by atoms with van der Waals surface area (Å²) in [4.78, 5) is 37.8. The Morgan fingerprint density at radius 3 is 2.48 bits per heavy atom. The minimum absolute atomic E-state index is 0.0142. The van der Waals surface area contributed by atoms with Crippen molar-refractivity contribution in [1.82, 2.24) is 10.2 Å². The number of halogens is 3. The number of Topliss-reactive ketones (excluding diaryl/α,β-unsaturated/α-hetero) is 1. The van der Waals surface area contributed by atoms with Crippen LogP contribution in [0.5, 0.6) is 5.75 Å². The average Bonchev–Trinajstić information content (AvgIpc) is 3.21. The summed E-state index contributed by atoms with van der Waals surface area (Å²) in [5, 5.41) is 2.69. The van der Waals surface area contributed by atoms with Crippen LogP contribution in [0.4, 0.5) is 13.2 Å². The van der Waals surface area contributed by atoms with Gasteiger partial charge < -0.3 is 15.0 Å². The zero-order chi connectivity index (χ0) is 24.0. The molecule has 2 amide bonds. The van der Waals surface area contributed by atoms with Crippen molar-refractivity contribution in [2.75, 3.05) is 19.7 Å². The van der Waals surface area contributed by atoms with Crippen LogP contribution in [0.3, 0.4) is 0 Å². The van der Waals surface area contributed by atoms with Crippen LogP contribution in [0, 0.1) is 0 Å². The monoisotopic (exact) mass is 462 g/mol. The van der Waals surface area contributed by atoms with E-state index in [2.05, 4.69) is 5.32 Å². The molecule has 1 saturated heterocycles. The van der Waals surface area contributed by atoms with Crippen LogP contribution in [0.15, 0.2) is 48.5 Å². The molecule has 1 heterocycles. The van der Waals surface area contributed by atoms with Gasteiger partial charge in [-0.25, -0.2) is 0 Å². The lowest BCUT2D eigenvalue weighted by Crippen LogP contribution is -2.40. The predicted molar refractivity (Wildman–Crippen MR) is 115 cm³/mol. The van der Waals surface area contributed by atoms with Crippen molar-refractivity contribution >= 4 is 17.6 Å². The summed E-state index contributed by atoms with van der Waals surface area (Å²) >= 11 is 0. The fourth-order valence-corrected chi connectivity index (χ4v) is 3.61. The maximum Gasteiger partial charge on any atom is 0.416 e. The molecule has 0 saturated carbocycles. The molecule has 1 atom stereocenters. The lowest BCUT2D eigenvalue weighted by molar-refractivity contribution is -0.137. The fourth-order valence-electron chi connectivity index (χ4n) is 3.61. The Morgan fingerprint density at radius 1 is 1.15 bits per heavy atom. The number of ether oxygens (including phenoxy) is 1. The van der Waals surface area contributed by atoms with Gasteiger partial charge in [-0.2, -0.15) is 13.2 Å². The normalized spacial score (nSPS) is 14.8. The molecule has 0 aliphatic carbocycles. The summed E-state index contributed by atoms with van der Waals surface area (Å²) in [7, 11) is 0. The van der Waals surface area contributed by atoms with Crippen LogP contribution in [0.25, 0.3) is 0 Å². The molecule has 33 heavy (non-hydrogen) atoms. The number of rotatable bonds is 9. The molecule has 1 aliphatic rings. The second kappa shape index (κ2) is 10.5. The maximum absolute atomic E-state index is 13.2. The zero-order valence-corrected chi connectivity index (χ0v) is 18.2. The second-order valence-electron chi connectivity index (χ2n) is 7.78. The first-order valence-corrected chi connectivity index (χ1v) is 10.7. The van der Waals surface area contributed by atoms with Crippen molar-refractivity contribution in [3.05, 3.63) is 65.2 Å². The first-order valence-electron chi connectivity index (χ1n) is 10.7. The van der Waals surface area contributed by atoms with Crippen molar-refractivity contribution in [3.8, 4) is 5.75 Å². The number of carbonyl (C=O) groups is 3. The highest BCUT2D eigenvalue weighted by molar-refractivity contribution is 5.95. The lowest BCUT2D eigenvalue weighted by atomic mass is 10.0. The van der Waals surface area contributed by atoms with Crippen LogP contribution in [-0.2, 0) is 15.8 Å². The molecule has 1 unspecified atom stereocenters. The van der Waals surface area contributed by atoms with E-state index < -0.39 is 23.7 Å². The van der Waals surface area contributed by atoms with E-state index in [0.29, 0.717) is 37.1 Å². The van der Waals surface area contributed by atoms with Crippen molar-refractivity contribution in [2.45, 2.75) is 38.4 Å². The Morgan fingerprint density at radius 2 is 1.88 bits per heavy atom. The fraction of sp³-hybridized carbons (Fsp3) is 0.375. The summed E-state index contributed by atoms with van der Waals surface area (Å²) in [5.41, 5.74) is -0.0422. The number of benzene rings is 2. The first kappa shape index (κ1) is 24.3. The molecule has 0 bridgehead atoms. The first-order chi connectivity index (χ1) is 15.7. The molecular formula is C24H25F3N2O4. The third kappa shape index (κ3) is 6.57. The molecule has 0 spiro atoms. The molecule has 1 N–H and O–H groups in total. The van der Waals surface area contributed by atoms with Crippen LogP contribution >= 0.6 is 0 Å². The minimum atomic E-state index is -4.53. The summed E-state index contributed by atoms with van der Waals surface area (Å²) in [6.45, 7) is 1.95. The van der Waals surface area contributed by atoms with Gasteiger partial charge >= 0.3 is 6.18 Å². The number of nitrogens with one attached hydrogen (secondary N) is 1. The van der Waals surface area contributed by atoms with E-state index in [9.17, 15) is 27.6 Å². The standard InChI is InChI=1S/C24H25F3N2O4/c1-2-21(30)16-8-10-19(11-9-16)33-15-22(31)28-20(14-29-12-4-7-23(29)32)17-5-3-6-18(13-17)24(25,26)27/h3,5-6,8-11,13,20H,2,4,7,12,14-15H2,1H3,(H,28,31). The Bertz CT molecular complexity index is 1010. The molecule has 1 fully saturated rings. The van der Waals surface area contributed by atoms with Gasteiger partial charge in [-0.15, -0.1) is 0 Å². The zero-order valence-electron chi connectivity index (χ0n) is 18.2. The van der Waals surface area contributed by atoms with Crippen LogP contribution in [-0.4, -0.2) is 42.2 Å². The van der Waals surface area contributed by atoms with Crippen molar-refractivity contribution < 1.29 is 32.3 Å². The van der Waals surface area contributed by atoms with E-state index in [0.717, 1.165) is 12.1 Å². The number of hydrogen-bond donors (Lipinski definition) is 1. The van der Waals surface area contributed by atoms with Crippen LogP contribution in [0.1, 0.15) is 53.7 Å². The van der Waals surface area contributed by atoms with Gasteiger partial charge in [0.2, 0.25) is 5.91 Å². The molecule has 6 nitrogen and oxygen atoms in total. The molecule has 2 aromatic rings. The van der Waals surface area contributed by atoms with Gasteiger partial charge in [0.15, 0.2) is 12.4 Å². The van der Waals surface area contributed by atoms with E-state index in [1.165, 1.54) is 17.0 Å². The number of amides is 2. The smallest absolute Gasteiger partial charge is 0.416 e. The molecule has 9 heteroatoms. The topological polar surface area (TPSA) is 75.7 Å². The molecule has 176 valence electrons. The predicted octanol–water partition coefficient (Wildman–Crippen LogP) is 4.16. The molecule has 0 radical (unpaired) electrons. The molecule has 0 aromatic heterocycles. The maximum atomic E-state index is 13.2. The van der Waals surface area contributed by atoms with Crippen molar-refractivity contribution in [2.24, 2.45) is 0 Å². The van der Waals surface area contributed by atoms with Crippen molar-refractivity contribution in [1.29, 1.82) is 0 Å². The average molecular weight is 462 g/mol. The highest BCUT2D eigenvalue weighted by Gasteiger charge is 2.32. The number of carbonyl (C=O) groups excluding carboxylic acids is 3. The van der Waals surface area contributed by atoms with E-state index in [-0.39, 0.29) is 30.4 Å². The molecule has 1 aliphatic heterocycles. The Kier molecular flexibility index (Phi) is 7.73. The van der Waals surface area contributed by atoms with Crippen molar-refractivity contribution in [3.63, 3.8) is 0 Å². The van der Waals surface area contributed by atoms with E-state index in [1.807, 2.05) is 0 Å². The summed E-state index contributed by atoms with van der Waals surface area (Å²) in [6, 6.07) is 10.2. The van der Waals surface area contributed by atoms with Crippen LogP contribution in [0.2, 0.25) is 0 Å². The number of nitrogens with zero attached hydrogens (tertiary/aromatic N) is 1. The minimum Gasteiger partial charge on any atom is -0.484 e. The number of likely N-dealkylation sites (tertiary alicyclic amines) is 1. The van der Waals surface area contributed by atoms with Gasteiger partial charge in [-0.1, -0.05) is 19.1 Å². The van der Waals surface area contributed by atoms with Gasteiger partial charge in [-0.05, 0) is 48.4 Å².